The van der Waals surface area contributed by atoms with E-state index in [0.717, 1.165) is 47.7 Å². The van der Waals surface area contributed by atoms with Crippen LogP contribution >= 0.6 is 11.6 Å². The molecule has 7 heteroatoms. The Balaban J connectivity index is 1.57. The highest BCUT2D eigenvalue weighted by Gasteiger charge is 2.15. The third-order valence-electron chi connectivity index (χ3n) is 5.19. The quantitative estimate of drug-likeness (QED) is 0.426. The minimum absolute atomic E-state index is 0.528. The molecule has 0 amide bonds. The molecule has 0 aliphatic heterocycles. The van der Waals surface area contributed by atoms with Crippen LogP contribution in [0.2, 0.25) is 5.02 Å². The minimum Gasteiger partial charge on any atom is -0.398 e. The molecule has 30 heavy (non-hydrogen) atoms. The summed E-state index contributed by atoms with van der Waals surface area (Å²) >= 11 is 6.19. The SMILES string of the molecule is CCCc1noc(-c2ccc(Cc3c(C)nn(-c4ccc(N)c(Cl)c4)c3C)cc2)n1. The van der Waals surface area contributed by atoms with E-state index in [9.17, 15) is 0 Å². The number of benzene rings is 2. The number of halogens is 1. The van der Waals surface area contributed by atoms with E-state index in [-0.39, 0.29) is 0 Å². The smallest absolute Gasteiger partial charge is 0.257 e. The first-order valence-corrected chi connectivity index (χ1v) is 10.4. The van der Waals surface area contributed by atoms with E-state index >= 15 is 0 Å². The van der Waals surface area contributed by atoms with Crippen molar-refractivity contribution in [1.82, 2.24) is 19.9 Å². The van der Waals surface area contributed by atoms with Gasteiger partial charge in [0.1, 0.15) is 0 Å². The zero-order valence-corrected chi connectivity index (χ0v) is 18.1. The van der Waals surface area contributed by atoms with E-state index < -0.39 is 0 Å². The summed E-state index contributed by atoms with van der Waals surface area (Å²) < 4.78 is 7.29. The average Bonchev–Trinajstić information content (AvgIpc) is 3.31. The maximum Gasteiger partial charge on any atom is 0.257 e. The summed E-state index contributed by atoms with van der Waals surface area (Å²) in [7, 11) is 0. The zero-order valence-electron chi connectivity index (χ0n) is 17.3. The second-order valence-electron chi connectivity index (χ2n) is 7.41. The number of nitrogen functional groups attached to an aromatic ring is 1. The molecule has 0 aliphatic rings. The van der Waals surface area contributed by atoms with Gasteiger partial charge in [0.2, 0.25) is 0 Å². The van der Waals surface area contributed by atoms with Crippen LogP contribution in [0.3, 0.4) is 0 Å². The number of hydrogen-bond donors (Lipinski definition) is 1. The molecule has 0 aliphatic carbocycles. The number of aromatic nitrogens is 4. The van der Waals surface area contributed by atoms with E-state index in [1.54, 1.807) is 6.07 Å². The van der Waals surface area contributed by atoms with Gasteiger partial charge in [0.15, 0.2) is 5.82 Å². The second-order valence-corrected chi connectivity index (χ2v) is 7.81. The molecule has 154 valence electrons. The van der Waals surface area contributed by atoms with E-state index in [0.29, 0.717) is 16.6 Å². The maximum absolute atomic E-state index is 6.19. The monoisotopic (exact) mass is 421 g/mol. The zero-order chi connectivity index (χ0) is 21.3. The number of anilines is 1. The van der Waals surface area contributed by atoms with Crippen molar-refractivity contribution >= 4 is 17.3 Å². The van der Waals surface area contributed by atoms with Crippen molar-refractivity contribution in [2.75, 3.05) is 5.73 Å². The molecule has 0 unspecified atom stereocenters. The van der Waals surface area contributed by atoms with Crippen LogP contribution in [0, 0.1) is 13.8 Å². The van der Waals surface area contributed by atoms with Crippen molar-refractivity contribution in [3.05, 3.63) is 75.8 Å². The van der Waals surface area contributed by atoms with E-state index in [1.165, 1.54) is 11.1 Å². The Morgan fingerprint density at radius 3 is 2.57 bits per heavy atom. The van der Waals surface area contributed by atoms with Crippen LogP contribution in [-0.2, 0) is 12.8 Å². The number of hydrogen-bond acceptors (Lipinski definition) is 5. The molecular formula is C23H24ClN5O. The van der Waals surface area contributed by atoms with Crippen LogP contribution in [0.1, 0.15) is 41.7 Å². The first-order valence-electron chi connectivity index (χ1n) is 9.98. The van der Waals surface area contributed by atoms with Gasteiger partial charge in [-0.25, -0.2) is 4.68 Å². The van der Waals surface area contributed by atoms with Gasteiger partial charge >= 0.3 is 0 Å². The van der Waals surface area contributed by atoms with Gasteiger partial charge in [0, 0.05) is 29.7 Å². The summed E-state index contributed by atoms with van der Waals surface area (Å²) in [5.41, 5.74) is 12.7. The molecule has 0 bridgehead atoms. The standard InChI is InChI=1S/C23H24ClN5O/c1-4-5-22-26-23(30-28-22)17-8-6-16(7-9-17)12-19-14(2)27-29(15(19)3)18-10-11-21(25)20(24)13-18/h6-11,13H,4-5,12,25H2,1-3H3. The Bertz CT molecular complexity index is 1180. The molecule has 6 nitrogen and oxygen atoms in total. The van der Waals surface area contributed by atoms with Gasteiger partial charge in [-0.2, -0.15) is 10.1 Å². The van der Waals surface area contributed by atoms with Gasteiger partial charge in [-0.15, -0.1) is 0 Å². The lowest BCUT2D eigenvalue weighted by atomic mass is 10.0. The summed E-state index contributed by atoms with van der Waals surface area (Å²) in [6, 6.07) is 13.8. The van der Waals surface area contributed by atoms with Gasteiger partial charge < -0.3 is 10.3 Å². The molecule has 0 radical (unpaired) electrons. The summed E-state index contributed by atoms with van der Waals surface area (Å²) in [4.78, 5) is 4.45. The normalized spacial score (nSPS) is 11.2. The molecule has 0 atom stereocenters. The summed E-state index contributed by atoms with van der Waals surface area (Å²) in [6.07, 6.45) is 2.60. The Morgan fingerprint density at radius 2 is 1.87 bits per heavy atom. The summed E-state index contributed by atoms with van der Waals surface area (Å²) in [6.45, 7) is 6.19. The van der Waals surface area contributed by atoms with Crippen LogP contribution in [-0.4, -0.2) is 19.9 Å². The van der Waals surface area contributed by atoms with Crippen molar-refractivity contribution in [3.63, 3.8) is 0 Å². The Morgan fingerprint density at radius 1 is 1.10 bits per heavy atom. The molecule has 0 spiro atoms. The largest absolute Gasteiger partial charge is 0.398 e. The van der Waals surface area contributed by atoms with E-state index in [1.807, 2.05) is 35.9 Å². The summed E-state index contributed by atoms with van der Waals surface area (Å²) in [5, 5.41) is 9.27. The highest BCUT2D eigenvalue weighted by Crippen LogP contribution is 2.26. The van der Waals surface area contributed by atoms with Crippen LogP contribution in [0.15, 0.2) is 47.0 Å². The Hall–Kier alpha value is -3.12. The van der Waals surface area contributed by atoms with Gasteiger partial charge in [-0.05, 0) is 56.2 Å². The molecule has 4 rings (SSSR count). The number of nitrogens with zero attached hydrogens (tertiary/aromatic N) is 4. The van der Waals surface area contributed by atoms with Crippen molar-refractivity contribution < 1.29 is 4.52 Å². The topological polar surface area (TPSA) is 82.8 Å². The lowest BCUT2D eigenvalue weighted by Crippen LogP contribution is -2.00. The second kappa shape index (κ2) is 8.32. The van der Waals surface area contributed by atoms with Gasteiger partial charge in [-0.1, -0.05) is 35.8 Å². The predicted octanol–water partition coefficient (Wildman–Crippen LogP) is 5.32. The van der Waals surface area contributed by atoms with Gasteiger partial charge in [0.25, 0.3) is 5.89 Å². The third kappa shape index (κ3) is 3.96. The molecule has 2 aromatic carbocycles. The first kappa shape index (κ1) is 20.2. The van der Waals surface area contributed by atoms with Crippen LogP contribution < -0.4 is 5.73 Å². The van der Waals surface area contributed by atoms with E-state index in [4.69, 9.17) is 27.0 Å². The highest BCUT2D eigenvalue weighted by molar-refractivity contribution is 6.33. The lowest BCUT2D eigenvalue weighted by Gasteiger charge is -2.08. The molecule has 2 aromatic heterocycles. The minimum atomic E-state index is 0.528. The van der Waals surface area contributed by atoms with Crippen LogP contribution in [0.4, 0.5) is 5.69 Å². The fraction of sp³-hybridized carbons (Fsp3) is 0.261. The number of aryl methyl sites for hydroxylation is 2. The van der Waals surface area contributed by atoms with Gasteiger partial charge in [0.05, 0.1) is 22.1 Å². The van der Waals surface area contributed by atoms with Crippen molar-refractivity contribution in [2.45, 2.75) is 40.0 Å². The summed E-state index contributed by atoms with van der Waals surface area (Å²) in [5.74, 6) is 1.31. The molecule has 0 saturated carbocycles. The van der Waals surface area contributed by atoms with Crippen molar-refractivity contribution in [2.24, 2.45) is 0 Å². The van der Waals surface area contributed by atoms with Crippen molar-refractivity contribution in [1.29, 1.82) is 0 Å². The molecule has 0 fully saturated rings. The Kier molecular flexibility index (Phi) is 5.59. The predicted molar refractivity (Wildman–Crippen MR) is 119 cm³/mol. The molecule has 0 saturated heterocycles. The molecule has 4 aromatic rings. The first-order chi connectivity index (χ1) is 14.5. The molecule has 2 N–H and O–H groups in total. The van der Waals surface area contributed by atoms with Crippen LogP contribution in [0.25, 0.3) is 17.1 Å². The molecule has 2 heterocycles. The van der Waals surface area contributed by atoms with Crippen molar-refractivity contribution in [3.8, 4) is 17.1 Å². The Labute approximate surface area is 180 Å². The highest BCUT2D eigenvalue weighted by atomic mass is 35.5. The maximum atomic E-state index is 6.19. The number of rotatable bonds is 6. The average molecular weight is 422 g/mol. The third-order valence-corrected chi connectivity index (χ3v) is 5.52. The molecular weight excluding hydrogens is 398 g/mol. The lowest BCUT2D eigenvalue weighted by molar-refractivity contribution is 0.422. The van der Waals surface area contributed by atoms with E-state index in [2.05, 4.69) is 36.1 Å². The fourth-order valence-corrected chi connectivity index (χ4v) is 3.67. The van der Waals surface area contributed by atoms with Crippen LogP contribution in [0.5, 0.6) is 0 Å². The number of nitrogens with two attached hydrogens (primary N) is 1. The van der Waals surface area contributed by atoms with Gasteiger partial charge in [-0.3, -0.25) is 0 Å². The fourth-order valence-electron chi connectivity index (χ4n) is 3.50.